The molecular formula is C21H28N6. The van der Waals surface area contributed by atoms with E-state index in [-0.39, 0.29) is 0 Å². The Morgan fingerprint density at radius 2 is 1.89 bits per heavy atom. The summed E-state index contributed by atoms with van der Waals surface area (Å²) in [7, 11) is 3.89. The number of pyridine rings is 1. The lowest BCUT2D eigenvalue weighted by Gasteiger charge is -2.22. The van der Waals surface area contributed by atoms with Gasteiger partial charge in [-0.1, -0.05) is 37.3 Å². The molecule has 3 aromatic rings. The number of benzene rings is 1. The third-order valence-corrected chi connectivity index (χ3v) is 4.67. The Morgan fingerprint density at radius 3 is 2.63 bits per heavy atom. The van der Waals surface area contributed by atoms with E-state index in [1.165, 1.54) is 11.1 Å². The molecule has 6 nitrogen and oxygen atoms in total. The average molecular weight is 364 g/mol. The van der Waals surface area contributed by atoms with Crippen molar-refractivity contribution in [2.45, 2.75) is 32.7 Å². The Hall–Kier alpha value is -2.89. The molecule has 0 fully saturated rings. The summed E-state index contributed by atoms with van der Waals surface area (Å²) in [6.07, 6.45) is 4.92. The molecule has 0 saturated carbocycles. The molecule has 142 valence electrons. The second-order valence-electron chi connectivity index (χ2n) is 6.65. The van der Waals surface area contributed by atoms with Gasteiger partial charge in [0.05, 0.1) is 0 Å². The molecule has 0 bridgehead atoms. The van der Waals surface area contributed by atoms with Crippen molar-refractivity contribution in [3.8, 4) is 0 Å². The van der Waals surface area contributed by atoms with E-state index >= 15 is 0 Å². The van der Waals surface area contributed by atoms with Gasteiger partial charge in [-0.25, -0.2) is 0 Å². The van der Waals surface area contributed by atoms with E-state index in [9.17, 15) is 0 Å². The Morgan fingerprint density at radius 1 is 1.11 bits per heavy atom. The van der Waals surface area contributed by atoms with Crippen molar-refractivity contribution in [2.75, 3.05) is 20.6 Å². The highest BCUT2D eigenvalue weighted by atomic mass is 15.3. The molecule has 3 rings (SSSR count). The summed E-state index contributed by atoms with van der Waals surface area (Å²) in [6, 6.07) is 14.7. The first-order valence-electron chi connectivity index (χ1n) is 9.49. The van der Waals surface area contributed by atoms with Gasteiger partial charge in [-0.2, -0.15) is 0 Å². The Kier molecular flexibility index (Phi) is 6.41. The van der Waals surface area contributed by atoms with Crippen LogP contribution in [0.4, 0.5) is 0 Å². The van der Waals surface area contributed by atoms with Crippen molar-refractivity contribution in [1.29, 1.82) is 0 Å². The summed E-state index contributed by atoms with van der Waals surface area (Å²) >= 11 is 0. The first-order valence-corrected chi connectivity index (χ1v) is 9.49. The molecule has 0 spiro atoms. The zero-order valence-corrected chi connectivity index (χ0v) is 16.4. The lowest BCUT2D eigenvalue weighted by atomic mass is 10.1. The number of fused-ring (bicyclic) bond motifs is 1. The van der Waals surface area contributed by atoms with Crippen LogP contribution in [0.25, 0.3) is 5.65 Å². The van der Waals surface area contributed by atoms with Gasteiger partial charge in [0, 0.05) is 39.8 Å². The summed E-state index contributed by atoms with van der Waals surface area (Å²) in [6.45, 7) is 3.85. The van der Waals surface area contributed by atoms with Gasteiger partial charge < -0.3 is 10.2 Å². The predicted octanol–water partition coefficient (Wildman–Crippen LogP) is 2.93. The van der Waals surface area contributed by atoms with E-state index in [4.69, 9.17) is 0 Å². The zero-order chi connectivity index (χ0) is 19.1. The number of aromatic nitrogens is 3. The lowest BCUT2D eigenvalue weighted by Crippen LogP contribution is -2.39. The topological polar surface area (TPSA) is 57.8 Å². The second-order valence-corrected chi connectivity index (χ2v) is 6.65. The van der Waals surface area contributed by atoms with Gasteiger partial charge in [-0.05, 0) is 36.1 Å². The fraction of sp³-hybridized carbons (Fsp3) is 0.381. The van der Waals surface area contributed by atoms with Crippen LogP contribution in [-0.4, -0.2) is 46.1 Å². The highest BCUT2D eigenvalue weighted by molar-refractivity contribution is 5.79. The van der Waals surface area contributed by atoms with Crippen LogP contribution in [-0.2, 0) is 19.4 Å². The van der Waals surface area contributed by atoms with Crippen molar-refractivity contribution in [1.82, 2.24) is 24.8 Å². The Labute approximate surface area is 161 Å². The maximum absolute atomic E-state index is 4.40. The van der Waals surface area contributed by atoms with Crippen LogP contribution in [0.3, 0.4) is 0 Å². The monoisotopic (exact) mass is 364 g/mol. The SMILES string of the molecule is CCc1ccc(CN(C)C(=NC)NCCCc2nnc3ccccn23)cc1. The summed E-state index contributed by atoms with van der Waals surface area (Å²) in [5, 5.41) is 11.9. The van der Waals surface area contributed by atoms with Gasteiger partial charge in [0.25, 0.3) is 0 Å². The molecule has 0 unspecified atom stereocenters. The van der Waals surface area contributed by atoms with Crippen LogP contribution in [0.1, 0.15) is 30.3 Å². The van der Waals surface area contributed by atoms with Crippen molar-refractivity contribution in [3.05, 3.63) is 65.6 Å². The van der Waals surface area contributed by atoms with Crippen LogP contribution in [0.5, 0.6) is 0 Å². The Balaban J connectivity index is 1.48. The highest BCUT2D eigenvalue weighted by Gasteiger charge is 2.08. The smallest absolute Gasteiger partial charge is 0.193 e. The number of rotatable bonds is 7. The molecule has 0 amide bonds. The summed E-state index contributed by atoms with van der Waals surface area (Å²) in [4.78, 5) is 6.55. The van der Waals surface area contributed by atoms with Gasteiger partial charge in [0.1, 0.15) is 5.82 Å². The minimum absolute atomic E-state index is 0.832. The largest absolute Gasteiger partial charge is 0.356 e. The first kappa shape index (κ1) is 18.9. The molecule has 0 aliphatic carbocycles. The van der Waals surface area contributed by atoms with Gasteiger partial charge in [0.15, 0.2) is 11.6 Å². The molecule has 0 saturated heterocycles. The molecule has 6 heteroatoms. The fourth-order valence-corrected chi connectivity index (χ4v) is 3.12. The molecule has 1 N–H and O–H groups in total. The molecule has 0 atom stereocenters. The molecular weight excluding hydrogens is 336 g/mol. The van der Waals surface area contributed by atoms with Crippen LogP contribution in [0, 0.1) is 0 Å². The third-order valence-electron chi connectivity index (χ3n) is 4.67. The summed E-state index contributed by atoms with van der Waals surface area (Å²) < 4.78 is 2.04. The van der Waals surface area contributed by atoms with E-state index in [1.54, 1.807) is 0 Å². The van der Waals surface area contributed by atoms with Crippen molar-refractivity contribution >= 4 is 11.6 Å². The number of nitrogens with zero attached hydrogens (tertiary/aromatic N) is 5. The number of nitrogens with one attached hydrogen (secondary N) is 1. The fourth-order valence-electron chi connectivity index (χ4n) is 3.12. The quantitative estimate of drug-likeness (QED) is 0.398. The van der Waals surface area contributed by atoms with Crippen LogP contribution in [0.15, 0.2) is 53.7 Å². The third kappa shape index (κ3) is 4.84. The van der Waals surface area contributed by atoms with Crippen LogP contribution < -0.4 is 5.32 Å². The average Bonchev–Trinajstić information content (AvgIpc) is 3.12. The first-order chi connectivity index (χ1) is 13.2. The lowest BCUT2D eigenvalue weighted by molar-refractivity contribution is 0.475. The van der Waals surface area contributed by atoms with Gasteiger partial charge >= 0.3 is 0 Å². The maximum Gasteiger partial charge on any atom is 0.193 e. The van der Waals surface area contributed by atoms with E-state index in [0.29, 0.717) is 0 Å². The van der Waals surface area contributed by atoms with Crippen LogP contribution in [0.2, 0.25) is 0 Å². The molecule has 2 heterocycles. The van der Waals surface area contributed by atoms with Gasteiger partial charge in [0.2, 0.25) is 0 Å². The van der Waals surface area contributed by atoms with E-state index in [1.807, 2.05) is 35.8 Å². The minimum atomic E-state index is 0.832. The molecule has 27 heavy (non-hydrogen) atoms. The normalized spacial score (nSPS) is 11.7. The standard InChI is InChI=1S/C21H28N6/c1-4-17-10-12-18(13-11-17)16-26(3)21(22-2)23-14-7-9-20-25-24-19-8-5-6-15-27(19)20/h5-6,8,10-13,15H,4,7,9,14,16H2,1-3H3,(H,22,23). The van der Waals surface area contributed by atoms with E-state index < -0.39 is 0 Å². The second kappa shape index (κ2) is 9.16. The number of aliphatic imine (C=N–C) groups is 1. The van der Waals surface area contributed by atoms with E-state index in [2.05, 4.69) is 63.6 Å². The number of hydrogen-bond donors (Lipinski definition) is 1. The summed E-state index contributed by atoms with van der Waals surface area (Å²) in [5.41, 5.74) is 3.54. The predicted molar refractivity (Wildman–Crippen MR) is 110 cm³/mol. The highest BCUT2D eigenvalue weighted by Crippen LogP contribution is 2.08. The van der Waals surface area contributed by atoms with Gasteiger partial charge in [-0.3, -0.25) is 9.39 Å². The number of hydrogen-bond acceptors (Lipinski definition) is 3. The number of guanidine groups is 1. The van der Waals surface area contributed by atoms with Gasteiger partial charge in [-0.15, -0.1) is 10.2 Å². The van der Waals surface area contributed by atoms with Crippen LogP contribution >= 0.6 is 0 Å². The molecule has 0 aliphatic rings. The summed E-state index contributed by atoms with van der Waals surface area (Å²) in [5.74, 6) is 1.90. The Bertz CT molecular complexity index is 881. The molecule has 1 aromatic carbocycles. The number of aryl methyl sites for hydroxylation is 2. The minimum Gasteiger partial charge on any atom is -0.356 e. The van der Waals surface area contributed by atoms with Crippen molar-refractivity contribution < 1.29 is 0 Å². The van der Waals surface area contributed by atoms with Crippen molar-refractivity contribution in [3.63, 3.8) is 0 Å². The maximum atomic E-state index is 4.40. The molecule has 0 radical (unpaired) electrons. The molecule has 0 aliphatic heterocycles. The van der Waals surface area contributed by atoms with Crippen molar-refractivity contribution in [2.24, 2.45) is 4.99 Å². The zero-order valence-electron chi connectivity index (χ0n) is 16.4. The molecule has 2 aromatic heterocycles. The van der Waals surface area contributed by atoms with E-state index in [0.717, 1.165) is 49.8 Å².